The van der Waals surface area contributed by atoms with E-state index in [0.717, 1.165) is 42.7 Å². The summed E-state index contributed by atoms with van der Waals surface area (Å²) in [7, 11) is 1.62. The minimum Gasteiger partial charge on any atom is -0.481 e. The molecule has 0 atom stereocenters. The second kappa shape index (κ2) is 6.26. The lowest BCUT2D eigenvalue weighted by Crippen LogP contribution is -2.39. The van der Waals surface area contributed by atoms with Crippen molar-refractivity contribution in [2.75, 3.05) is 30.4 Å². The maximum absolute atomic E-state index is 5.15. The van der Waals surface area contributed by atoms with E-state index in [9.17, 15) is 0 Å². The average molecular weight is 305 g/mol. The molecule has 1 N–H and O–H groups in total. The Kier molecular flexibility index (Phi) is 4.19. The number of methoxy groups -OCH3 is 1. The highest BCUT2D eigenvalue weighted by atomic mass is 32.1. The number of nitrogens with zero attached hydrogens (tertiary/aromatic N) is 4. The molecule has 2 aromatic rings. The Bertz CT molecular complexity index is 595. The predicted molar refractivity (Wildman–Crippen MR) is 84.3 cm³/mol. The smallest absolute Gasteiger partial charge is 0.228 e. The SMILES string of the molecule is COc1ccnc(N2CCC(Nc3nc(C)cs3)CC2)n1. The molecule has 1 saturated heterocycles. The predicted octanol–water partition coefficient (Wildman–Crippen LogP) is 2.33. The zero-order chi connectivity index (χ0) is 14.7. The molecule has 0 unspecified atom stereocenters. The molecule has 3 rings (SSSR count). The molecule has 1 aliphatic rings. The van der Waals surface area contributed by atoms with Gasteiger partial charge in [-0.2, -0.15) is 4.98 Å². The number of aromatic nitrogens is 3. The van der Waals surface area contributed by atoms with Crippen LogP contribution in [0.2, 0.25) is 0 Å². The second-order valence-electron chi connectivity index (χ2n) is 5.10. The molecule has 0 aliphatic carbocycles. The zero-order valence-corrected chi connectivity index (χ0v) is 13.1. The molecule has 21 heavy (non-hydrogen) atoms. The molecule has 0 spiro atoms. The van der Waals surface area contributed by atoms with Crippen molar-refractivity contribution < 1.29 is 4.74 Å². The van der Waals surface area contributed by atoms with Crippen molar-refractivity contribution in [2.24, 2.45) is 0 Å². The van der Waals surface area contributed by atoms with Crippen LogP contribution in [0.4, 0.5) is 11.1 Å². The minimum absolute atomic E-state index is 0.470. The number of piperidine rings is 1. The van der Waals surface area contributed by atoms with E-state index in [0.29, 0.717) is 11.9 Å². The molecule has 2 aromatic heterocycles. The van der Waals surface area contributed by atoms with Crippen LogP contribution in [-0.4, -0.2) is 41.2 Å². The number of rotatable bonds is 4. The Balaban J connectivity index is 1.57. The van der Waals surface area contributed by atoms with Crippen LogP contribution < -0.4 is 15.0 Å². The number of thiazole rings is 1. The first-order chi connectivity index (χ1) is 10.2. The van der Waals surface area contributed by atoms with Gasteiger partial charge in [-0.05, 0) is 19.8 Å². The van der Waals surface area contributed by atoms with Crippen molar-refractivity contribution in [3.05, 3.63) is 23.3 Å². The van der Waals surface area contributed by atoms with Crippen molar-refractivity contribution in [1.82, 2.24) is 15.0 Å². The van der Waals surface area contributed by atoms with Crippen LogP contribution in [0.25, 0.3) is 0 Å². The average Bonchev–Trinajstić information content (AvgIpc) is 2.93. The number of anilines is 2. The van der Waals surface area contributed by atoms with E-state index in [-0.39, 0.29) is 0 Å². The molecule has 0 radical (unpaired) electrons. The van der Waals surface area contributed by atoms with Crippen molar-refractivity contribution in [3.63, 3.8) is 0 Å². The number of aryl methyl sites for hydroxylation is 1. The minimum atomic E-state index is 0.470. The fourth-order valence-corrected chi connectivity index (χ4v) is 3.18. The first-order valence-electron chi connectivity index (χ1n) is 7.05. The van der Waals surface area contributed by atoms with E-state index in [2.05, 4.69) is 30.5 Å². The van der Waals surface area contributed by atoms with E-state index in [4.69, 9.17) is 4.74 Å². The van der Waals surface area contributed by atoms with Gasteiger partial charge < -0.3 is 15.0 Å². The molecule has 0 saturated carbocycles. The summed E-state index contributed by atoms with van der Waals surface area (Å²) >= 11 is 1.67. The van der Waals surface area contributed by atoms with Gasteiger partial charge >= 0.3 is 0 Å². The van der Waals surface area contributed by atoms with Crippen LogP contribution in [-0.2, 0) is 0 Å². The van der Waals surface area contributed by atoms with Crippen LogP contribution >= 0.6 is 11.3 Å². The summed E-state index contributed by atoms with van der Waals surface area (Å²) in [6.45, 7) is 3.90. The Morgan fingerprint density at radius 2 is 2.14 bits per heavy atom. The maximum Gasteiger partial charge on any atom is 0.228 e. The molecule has 1 aliphatic heterocycles. The number of hydrogen-bond acceptors (Lipinski definition) is 7. The molecular weight excluding hydrogens is 286 g/mol. The normalized spacial score (nSPS) is 16.0. The van der Waals surface area contributed by atoms with Gasteiger partial charge in [-0.15, -0.1) is 11.3 Å². The van der Waals surface area contributed by atoms with Crippen LogP contribution in [0, 0.1) is 6.92 Å². The highest BCUT2D eigenvalue weighted by Crippen LogP contribution is 2.22. The van der Waals surface area contributed by atoms with E-state index in [1.165, 1.54) is 0 Å². The first-order valence-corrected chi connectivity index (χ1v) is 7.93. The summed E-state index contributed by atoms with van der Waals surface area (Å²) in [6, 6.07) is 2.24. The largest absolute Gasteiger partial charge is 0.481 e. The van der Waals surface area contributed by atoms with Gasteiger partial charge in [0.2, 0.25) is 11.8 Å². The Morgan fingerprint density at radius 1 is 1.33 bits per heavy atom. The topological polar surface area (TPSA) is 63.2 Å². The van der Waals surface area contributed by atoms with E-state index in [1.54, 1.807) is 30.7 Å². The number of hydrogen-bond donors (Lipinski definition) is 1. The summed E-state index contributed by atoms with van der Waals surface area (Å²) < 4.78 is 5.15. The first kappa shape index (κ1) is 14.1. The van der Waals surface area contributed by atoms with Gasteiger partial charge in [0.25, 0.3) is 0 Å². The molecule has 112 valence electrons. The van der Waals surface area contributed by atoms with Gasteiger partial charge in [-0.1, -0.05) is 0 Å². The number of nitrogens with one attached hydrogen (secondary N) is 1. The Morgan fingerprint density at radius 3 is 2.81 bits per heavy atom. The molecule has 6 nitrogen and oxygen atoms in total. The van der Waals surface area contributed by atoms with E-state index < -0.39 is 0 Å². The van der Waals surface area contributed by atoms with Crippen LogP contribution in [0.3, 0.4) is 0 Å². The van der Waals surface area contributed by atoms with Gasteiger partial charge in [0.1, 0.15) is 0 Å². The quantitative estimate of drug-likeness (QED) is 0.935. The third-order valence-corrected chi connectivity index (χ3v) is 4.44. The summed E-state index contributed by atoms with van der Waals surface area (Å²) in [5.74, 6) is 1.36. The fraction of sp³-hybridized carbons (Fsp3) is 0.500. The Hall–Kier alpha value is -1.89. The monoisotopic (exact) mass is 305 g/mol. The lowest BCUT2D eigenvalue weighted by molar-refractivity contribution is 0.396. The van der Waals surface area contributed by atoms with Gasteiger partial charge in [0.05, 0.1) is 12.8 Å². The molecule has 0 bridgehead atoms. The Labute approximate surface area is 128 Å². The molecular formula is C14H19N5OS. The molecule has 0 amide bonds. The summed E-state index contributed by atoms with van der Waals surface area (Å²) in [4.78, 5) is 15.4. The standard InChI is InChI=1S/C14H19N5OS/c1-10-9-21-14(16-10)17-11-4-7-19(8-5-11)13-15-6-3-12(18-13)20-2/h3,6,9,11H,4-5,7-8H2,1-2H3,(H,16,17). The summed E-state index contributed by atoms with van der Waals surface area (Å²) in [6.07, 6.45) is 3.85. The third kappa shape index (κ3) is 3.41. The van der Waals surface area contributed by atoms with Gasteiger partial charge in [-0.3, -0.25) is 0 Å². The molecule has 3 heterocycles. The summed E-state index contributed by atoms with van der Waals surface area (Å²) in [5.41, 5.74) is 1.07. The molecule has 7 heteroatoms. The lowest BCUT2D eigenvalue weighted by Gasteiger charge is -2.32. The van der Waals surface area contributed by atoms with Crippen molar-refractivity contribution in [3.8, 4) is 5.88 Å². The highest BCUT2D eigenvalue weighted by molar-refractivity contribution is 7.13. The van der Waals surface area contributed by atoms with Gasteiger partial charge in [-0.25, -0.2) is 9.97 Å². The second-order valence-corrected chi connectivity index (χ2v) is 5.96. The fourth-order valence-electron chi connectivity index (χ4n) is 2.42. The number of ether oxygens (including phenoxy) is 1. The highest BCUT2D eigenvalue weighted by Gasteiger charge is 2.21. The molecule has 1 fully saturated rings. The lowest BCUT2D eigenvalue weighted by atomic mass is 10.1. The molecule has 0 aromatic carbocycles. The van der Waals surface area contributed by atoms with E-state index in [1.807, 2.05) is 6.92 Å². The van der Waals surface area contributed by atoms with Gasteiger partial charge in [0, 0.05) is 36.8 Å². The zero-order valence-electron chi connectivity index (χ0n) is 12.2. The van der Waals surface area contributed by atoms with Crippen LogP contribution in [0.15, 0.2) is 17.6 Å². The maximum atomic E-state index is 5.15. The van der Waals surface area contributed by atoms with E-state index >= 15 is 0 Å². The van der Waals surface area contributed by atoms with Crippen LogP contribution in [0.5, 0.6) is 5.88 Å². The van der Waals surface area contributed by atoms with Crippen molar-refractivity contribution >= 4 is 22.4 Å². The van der Waals surface area contributed by atoms with Crippen molar-refractivity contribution in [2.45, 2.75) is 25.8 Å². The van der Waals surface area contributed by atoms with Crippen LogP contribution in [0.1, 0.15) is 18.5 Å². The van der Waals surface area contributed by atoms with Gasteiger partial charge in [0.15, 0.2) is 5.13 Å². The third-order valence-electron chi connectivity index (χ3n) is 3.55. The van der Waals surface area contributed by atoms with Crippen molar-refractivity contribution in [1.29, 1.82) is 0 Å². The summed E-state index contributed by atoms with van der Waals surface area (Å²) in [5, 5.41) is 6.60.